The summed E-state index contributed by atoms with van der Waals surface area (Å²) in [7, 11) is 0. The van der Waals surface area contributed by atoms with Crippen molar-refractivity contribution in [3.63, 3.8) is 0 Å². The molecule has 0 spiro atoms. The minimum absolute atomic E-state index is 0.263. The molecular weight excluding hydrogens is 394 g/mol. The first-order valence-electron chi connectivity index (χ1n) is 9.13. The van der Waals surface area contributed by atoms with Crippen molar-refractivity contribution in [3.8, 4) is 11.3 Å². The molecule has 2 heterocycles. The number of carboxylic acid groups (broad SMARTS) is 1. The van der Waals surface area contributed by atoms with E-state index in [1.807, 2.05) is 6.92 Å². The van der Waals surface area contributed by atoms with Crippen LogP contribution in [0.1, 0.15) is 33.3 Å². The fourth-order valence-corrected chi connectivity index (χ4v) is 3.41. The van der Waals surface area contributed by atoms with Gasteiger partial charge in [0.2, 0.25) is 0 Å². The van der Waals surface area contributed by atoms with Crippen LogP contribution in [0.3, 0.4) is 0 Å². The van der Waals surface area contributed by atoms with E-state index in [0.717, 1.165) is 10.9 Å². The number of fused-ring (bicyclic) bond motifs is 1. The van der Waals surface area contributed by atoms with Crippen LogP contribution >= 0.6 is 11.6 Å². The van der Waals surface area contributed by atoms with Crippen molar-refractivity contribution in [2.24, 2.45) is 0 Å². The Morgan fingerprint density at radius 1 is 1.24 bits per heavy atom. The number of halogens is 1. The average Bonchev–Trinajstić information content (AvgIpc) is 2.93. The van der Waals surface area contributed by atoms with Gasteiger partial charge in [-0.15, -0.1) is 0 Å². The lowest BCUT2D eigenvalue weighted by molar-refractivity contribution is 0.0635. The molecule has 0 unspecified atom stereocenters. The van der Waals surface area contributed by atoms with Crippen LogP contribution in [-0.2, 0) is 11.2 Å². The van der Waals surface area contributed by atoms with Gasteiger partial charge in [0, 0.05) is 22.2 Å². The summed E-state index contributed by atoms with van der Waals surface area (Å²) in [5, 5.41) is 13.8. The second-order valence-electron chi connectivity index (χ2n) is 7.52. The van der Waals surface area contributed by atoms with E-state index >= 15 is 0 Å². The first kappa shape index (κ1) is 20.7. The number of ether oxygens (including phenoxy) is 1. The number of nitrogens with zero attached hydrogens (tertiary/aromatic N) is 2. The van der Waals surface area contributed by atoms with Gasteiger partial charge in [0.1, 0.15) is 11.4 Å². The lowest BCUT2D eigenvalue weighted by atomic mass is 10.0. The molecule has 3 aromatic rings. The summed E-state index contributed by atoms with van der Waals surface area (Å²) in [6, 6.07) is 8.44. The Morgan fingerprint density at radius 2 is 1.97 bits per heavy atom. The van der Waals surface area contributed by atoms with Crippen molar-refractivity contribution < 1.29 is 19.4 Å². The van der Waals surface area contributed by atoms with Crippen molar-refractivity contribution in [3.05, 3.63) is 47.1 Å². The fraction of sp³-hybridized carbons (Fsp3) is 0.286. The van der Waals surface area contributed by atoms with Gasteiger partial charge in [-0.2, -0.15) is 0 Å². The van der Waals surface area contributed by atoms with Crippen molar-refractivity contribution in [1.82, 2.24) is 9.55 Å². The number of rotatable bonds is 3. The van der Waals surface area contributed by atoms with Crippen LogP contribution in [0.2, 0.25) is 5.02 Å². The highest BCUT2D eigenvalue weighted by atomic mass is 35.5. The van der Waals surface area contributed by atoms with Gasteiger partial charge in [-0.1, -0.05) is 18.5 Å². The number of nitrogens with one attached hydrogen (secondary N) is 1. The highest BCUT2D eigenvalue weighted by molar-refractivity contribution is 6.31. The normalized spacial score (nSPS) is 11.5. The zero-order valence-electron chi connectivity index (χ0n) is 16.6. The third-order valence-corrected chi connectivity index (χ3v) is 4.48. The molecule has 152 valence electrons. The number of benzene rings is 1. The molecule has 0 saturated heterocycles. The summed E-state index contributed by atoms with van der Waals surface area (Å²) in [4.78, 5) is 28.3. The topological polar surface area (TPSA) is 93.5 Å². The van der Waals surface area contributed by atoms with Gasteiger partial charge in [-0.25, -0.2) is 19.1 Å². The molecular formula is C21H22ClN3O4. The predicted octanol–water partition coefficient (Wildman–Crippen LogP) is 5.79. The maximum absolute atomic E-state index is 12.1. The van der Waals surface area contributed by atoms with Crippen LogP contribution in [0, 0.1) is 0 Å². The molecule has 1 aromatic carbocycles. The van der Waals surface area contributed by atoms with Crippen molar-refractivity contribution >= 4 is 40.5 Å². The number of pyridine rings is 1. The van der Waals surface area contributed by atoms with Gasteiger partial charge in [0.25, 0.3) is 0 Å². The summed E-state index contributed by atoms with van der Waals surface area (Å²) in [5.74, 6) is 0.263. The number of carbonyl (C=O) groups is 2. The molecule has 0 aliphatic carbocycles. The van der Waals surface area contributed by atoms with E-state index in [2.05, 4.69) is 10.3 Å². The molecule has 0 aliphatic heterocycles. The highest BCUT2D eigenvalue weighted by Crippen LogP contribution is 2.36. The lowest BCUT2D eigenvalue weighted by Gasteiger charge is -2.19. The van der Waals surface area contributed by atoms with Crippen LogP contribution in [0.4, 0.5) is 15.4 Å². The largest absolute Gasteiger partial charge is 0.464 e. The van der Waals surface area contributed by atoms with Gasteiger partial charge >= 0.3 is 12.2 Å². The third-order valence-electron chi connectivity index (χ3n) is 4.24. The van der Waals surface area contributed by atoms with E-state index in [1.54, 1.807) is 51.1 Å². The van der Waals surface area contributed by atoms with E-state index in [9.17, 15) is 14.7 Å². The summed E-state index contributed by atoms with van der Waals surface area (Å²) in [6.45, 7) is 7.24. The van der Waals surface area contributed by atoms with Gasteiger partial charge < -0.3 is 9.84 Å². The first-order valence-corrected chi connectivity index (χ1v) is 9.51. The predicted molar refractivity (Wildman–Crippen MR) is 113 cm³/mol. The molecule has 0 radical (unpaired) electrons. The van der Waals surface area contributed by atoms with Gasteiger partial charge in [0.05, 0.1) is 11.2 Å². The zero-order chi connectivity index (χ0) is 21.3. The number of hydrogen-bond donors (Lipinski definition) is 2. The summed E-state index contributed by atoms with van der Waals surface area (Å²) in [6.07, 6.45) is 0.371. The standard InChI is InChI=1S/C21H22ClN3O4/c1-5-14-15-11-13(22)6-7-16(15)25(20(27)28)18(14)12-8-9-23-17(10-12)24-19(26)29-21(2,3)4/h6-11H,5H2,1-4H3,(H,27,28)(H,23,24,26). The fourth-order valence-electron chi connectivity index (χ4n) is 3.24. The van der Waals surface area contributed by atoms with Crippen LogP contribution in [0.5, 0.6) is 0 Å². The Bertz CT molecular complexity index is 1100. The Hall–Kier alpha value is -3.06. The maximum atomic E-state index is 12.1. The number of aromatic nitrogens is 2. The Kier molecular flexibility index (Phi) is 5.53. The Balaban J connectivity index is 2.12. The monoisotopic (exact) mass is 415 g/mol. The summed E-state index contributed by atoms with van der Waals surface area (Å²) in [5.41, 5.74) is 1.88. The van der Waals surface area contributed by atoms with Crippen molar-refractivity contribution in [2.45, 2.75) is 39.7 Å². The number of aryl methyl sites for hydroxylation is 1. The first-order chi connectivity index (χ1) is 13.6. The smallest absolute Gasteiger partial charge is 0.416 e. The molecule has 2 N–H and O–H groups in total. The average molecular weight is 416 g/mol. The second kappa shape index (κ2) is 7.75. The number of hydrogen-bond acceptors (Lipinski definition) is 4. The van der Waals surface area contributed by atoms with Crippen LogP contribution < -0.4 is 5.32 Å². The number of amides is 1. The van der Waals surface area contributed by atoms with Crippen LogP contribution in [-0.4, -0.2) is 32.4 Å². The van der Waals surface area contributed by atoms with E-state index < -0.39 is 17.8 Å². The molecule has 3 rings (SSSR count). The third kappa shape index (κ3) is 4.35. The molecule has 0 fully saturated rings. The van der Waals surface area contributed by atoms with E-state index in [4.69, 9.17) is 16.3 Å². The summed E-state index contributed by atoms with van der Waals surface area (Å²) < 4.78 is 6.48. The SMILES string of the molecule is CCc1c(-c2ccnc(NC(=O)OC(C)(C)C)c2)n(C(=O)O)c2ccc(Cl)cc12. The van der Waals surface area contributed by atoms with Gasteiger partial charge in [-0.05, 0) is 63.1 Å². The van der Waals surface area contributed by atoms with Crippen LogP contribution in [0.15, 0.2) is 36.5 Å². The van der Waals surface area contributed by atoms with Gasteiger partial charge in [0.15, 0.2) is 0 Å². The quantitative estimate of drug-likeness (QED) is 0.564. The zero-order valence-corrected chi connectivity index (χ0v) is 17.4. The number of carbonyl (C=O) groups excluding carboxylic acids is 1. The van der Waals surface area contributed by atoms with E-state index in [0.29, 0.717) is 28.2 Å². The Labute approximate surface area is 173 Å². The van der Waals surface area contributed by atoms with Crippen molar-refractivity contribution in [1.29, 1.82) is 0 Å². The molecule has 0 aliphatic rings. The molecule has 8 heteroatoms. The van der Waals surface area contributed by atoms with Gasteiger partial charge in [-0.3, -0.25) is 5.32 Å². The molecule has 0 saturated carbocycles. The molecule has 0 atom stereocenters. The van der Waals surface area contributed by atoms with Crippen LogP contribution in [0.25, 0.3) is 22.2 Å². The maximum Gasteiger partial charge on any atom is 0.416 e. The van der Waals surface area contributed by atoms with E-state index in [1.165, 1.54) is 10.8 Å². The highest BCUT2D eigenvalue weighted by Gasteiger charge is 2.22. The molecule has 1 amide bonds. The minimum atomic E-state index is -1.11. The second-order valence-corrected chi connectivity index (χ2v) is 7.95. The van der Waals surface area contributed by atoms with Crippen molar-refractivity contribution in [2.75, 3.05) is 5.32 Å². The molecule has 0 bridgehead atoms. The molecule has 7 nitrogen and oxygen atoms in total. The lowest BCUT2D eigenvalue weighted by Crippen LogP contribution is -2.27. The molecule has 29 heavy (non-hydrogen) atoms. The summed E-state index contributed by atoms with van der Waals surface area (Å²) >= 11 is 6.14. The van der Waals surface area contributed by atoms with E-state index in [-0.39, 0.29) is 5.82 Å². The minimum Gasteiger partial charge on any atom is -0.464 e. The number of anilines is 1. The Morgan fingerprint density at radius 3 is 2.59 bits per heavy atom. The molecule has 2 aromatic heterocycles.